The van der Waals surface area contributed by atoms with Crippen LogP contribution in [-0.4, -0.2) is 33.0 Å². The molecule has 6 nitrogen and oxygen atoms in total. The molecule has 0 bridgehead atoms. The fourth-order valence-electron chi connectivity index (χ4n) is 5.50. The Morgan fingerprint density at radius 1 is 0.706 bits per heavy atom. The van der Waals surface area contributed by atoms with E-state index in [2.05, 4.69) is 80.2 Å². The quantitative estimate of drug-likeness (QED) is 0.288. The van der Waals surface area contributed by atoms with Gasteiger partial charge in [-0.05, 0) is 73.0 Å². The van der Waals surface area contributed by atoms with Crippen molar-refractivity contribution >= 4 is 21.8 Å². The zero-order valence-electron chi connectivity index (χ0n) is 19.1. The third-order valence-electron chi connectivity index (χ3n) is 7.39. The molecule has 0 saturated carbocycles. The summed E-state index contributed by atoms with van der Waals surface area (Å²) in [4.78, 5) is 16.6. The number of rotatable bonds is 4. The molecule has 170 valence electrons. The van der Waals surface area contributed by atoms with Crippen molar-refractivity contribution in [2.75, 3.05) is 13.1 Å². The molecule has 0 spiro atoms. The van der Waals surface area contributed by atoms with Crippen molar-refractivity contribution in [3.05, 3.63) is 72.4 Å². The Kier molecular flexibility index (Phi) is 4.74. The van der Waals surface area contributed by atoms with Crippen molar-refractivity contribution in [1.29, 1.82) is 0 Å². The molecule has 2 fully saturated rings. The summed E-state index contributed by atoms with van der Waals surface area (Å²) >= 11 is 0. The van der Waals surface area contributed by atoms with Gasteiger partial charge in [-0.1, -0.05) is 42.5 Å². The van der Waals surface area contributed by atoms with Gasteiger partial charge in [-0.3, -0.25) is 0 Å². The summed E-state index contributed by atoms with van der Waals surface area (Å²) in [6.07, 6.45) is 6.67. The smallest absolute Gasteiger partial charge is 0.124 e. The minimum Gasteiger partial charge on any atom is -0.341 e. The van der Waals surface area contributed by atoms with Crippen LogP contribution in [0.1, 0.15) is 49.4 Å². The van der Waals surface area contributed by atoms with E-state index >= 15 is 0 Å². The number of imidazole rings is 2. The zero-order valence-corrected chi connectivity index (χ0v) is 19.1. The normalized spacial score (nSPS) is 20.6. The lowest BCUT2D eigenvalue weighted by atomic mass is 9.99. The Labute approximate surface area is 198 Å². The molecule has 0 amide bonds. The van der Waals surface area contributed by atoms with Crippen LogP contribution in [0.5, 0.6) is 0 Å². The van der Waals surface area contributed by atoms with E-state index in [1.807, 2.05) is 6.20 Å². The standard InChI is InChI=1S/C28H28N6/c1-3-23(29-13-1)27-31-16-25(33-27)18-7-5-17(6-8-18)19-9-11-21-20(15-19)10-12-22-26(21)34-28(32-22)24-4-2-14-30-24/h5-12,15-16,23-24,29-30H,1-4,13-14H2,(H,31,33)(H,32,34). The summed E-state index contributed by atoms with van der Waals surface area (Å²) in [6.45, 7) is 2.15. The predicted molar refractivity (Wildman–Crippen MR) is 137 cm³/mol. The average molecular weight is 449 g/mol. The van der Waals surface area contributed by atoms with E-state index in [0.717, 1.165) is 59.9 Å². The number of nitrogens with zero attached hydrogens (tertiary/aromatic N) is 2. The Bertz CT molecular complexity index is 1470. The van der Waals surface area contributed by atoms with Gasteiger partial charge < -0.3 is 20.6 Å². The fraction of sp³-hybridized carbons (Fsp3) is 0.286. The van der Waals surface area contributed by atoms with Gasteiger partial charge in [0.25, 0.3) is 0 Å². The van der Waals surface area contributed by atoms with E-state index in [9.17, 15) is 0 Å². The van der Waals surface area contributed by atoms with E-state index in [4.69, 9.17) is 4.98 Å². The molecular formula is C28H28N6. The Morgan fingerprint density at radius 2 is 1.44 bits per heavy atom. The number of nitrogens with one attached hydrogen (secondary N) is 4. The lowest BCUT2D eigenvalue weighted by Gasteiger charge is -2.07. The molecular weight excluding hydrogens is 420 g/mol. The minimum atomic E-state index is 0.348. The lowest BCUT2D eigenvalue weighted by Crippen LogP contribution is -2.14. The molecule has 2 saturated heterocycles. The van der Waals surface area contributed by atoms with E-state index in [0.29, 0.717) is 12.1 Å². The molecule has 0 aliphatic carbocycles. The van der Waals surface area contributed by atoms with E-state index < -0.39 is 0 Å². The first-order valence-electron chi connectivity index (χ1n) is 12.4. The molecule has 2 atom stereocenters. The third kappa shape index (κ3) is 3.42. The molecule has 2 aliphatic heterocycles. The molecule has 4 heterocycles. The van der Waals surface area contributed by atoms with Crippen molar-refractivity contribution in [2.24, 2.45) is 0 Å². The highest BCUT2D eigenvalue weighted by molar-refractivity contribution is 6.05. The predicted octanol–water partition coefficient (Wildman–Crippen LogP) is 5.62. The van der Waals surface area contributed by atoms with Crippen molar-refractivity contribution in [1.82, 2.24) is 30.6 Å². The molecule has 2 aromatic heterocycles. The SMILES string of the molecule is c1cc(-c2cnc(C3CCCN3)[nH]2)ccc1-c1ccc2c(ccc3[nH]c(C4CCCN4)nc32)c1. The summed E-state index contributed by atoms with van der Waals surface area (Å²) in [7, 11) is 0. The number of fused-ring (bicyclic) bond motifs is 3. The second-order valence-corrected chi connectivity index (χ2v) is 9.58. The van der Waals surface area contributed by atoms with E-state index in [-0.39, 0.29) is 0 Å². The average Bonchev–Trinajstić information content (AvgIpc) is 3.70. The molecule has 2 aliphatic rings. The Hall–Kier alpha value is -3.48. The van der Waals surface area contributed by atoms with Crippen molar-refractivity contribution in [2.45, 2.75) is 37.8 Å². The highest BCUT2D eigenvalue weighted by Crippen LogP contribution is 2.32. The first-order chi connectivity index (χ1) is 16.8. The van der Waals surface area contributed by atoms with Crippen LogP contribution in [0, 0.1) is 0 Å². The van der Waals surface area contributed by atoms with Crippen LogP contribution in [0.3, 0.4) is 0 Å². The Balaban J connectivity index is 1.18. The fourth-order valence-corrected chi connectivity index (χ4v) is 5.50. The van der Waals surface area contributed by atoms with Crippen LogP contribution in [0.2, 0.25) is 0 Å². The number of hydrogen-bond acceptors (Lipinski definition) is 4. The monoisotopic (exact) mass is 448 g/mol. The van der Waals surface area contributed by atoms with Gasteiger partial charge in [0.15, 0.2) is 0 Å². The van der Waals surface area contributed by atoms with E-state index in [1.54, 1.807) is 0 Å². The van der Waals surface area contributed by atoms with Gasteiger partial charge in [-0.15, -0.1) is 0 Å². The first-order valence-corrected chi connectivity index (χ1v) is 12.4. The van der Waals surface area contributed by atoms with Crippen LogP contribution in [-0.2, 0) is 0 Å². The number of H-pyrrole nitrogens is 2. The van der Waals surface area contributed by atoms with E-state index in [1.165, 1.54) is 34.7 Å². The van der Waals surface area contributed by atoms with Gasteiger partial charge in [0, 0.05) is 5.39 Å². The number of benzene rings is 3. The maximum Gasteiger partial charge on any atom is 0.124 e. The molecule has 3 aromatic carbocycles. The molecule has 4 N–H and O–H groups in total. The molecule has 5 aromatic rings. The second-order valence-electron chi connectivity index (χ2n) is 9.58. The number of aromatic amines is 2. The highest BCUT2D eigenvalue weighted by Gasteiger charge is 2.21. The van der Waals surface area contributed by atoms with Gasteiger partial charge >= 0.3 is 0 Å². The summed E-state index contributed by atoms with van der Waals surface area (Å²) in [5.74, 6) is 2.10. The first kappa shape index (κ1) is 19.9. The van der Waals surface area contributed by atoms with Crippen LogP contribution >= 0.6 is 0 Å². The van der Waals surface area contributed by atoms with Gasteiger partial charge in [0.2, 0.25) is 0 Å². The van der Waals surface area contributed by atoms with Crippen LogP contribution in [0.25, 0.3) is 44.2 Å². The third-order valence-corrected chi connectivity index (χ3v) is 7.39. The molecule has 7 rings (SSSR count). The summed E-state index contributed by atoms with van der Waals surface area (Å²) < 4.78 is 0. The lowest BCUT2D eigenvalue weighted by molar-refractivity contribution is 0.613. The molecule has 34 heavy (non-hydrogen) atoms. The van der Waals surface area contributed by atoms with Crippen molar-refractivity contribution in [3.8, 4) is 22.4 Å². The minimum absolute atomic E-state index is 0.348. The largest absolute Gasteiger partial charge is 0.341 e. The topological polar surface area (TPSA) is 81.4 Å². The molecule has 0 radical (unpaired) electrons. The summed E-state index contributed by atoms with van der Waals surface area (Å²) in [5, 5.41) is 9.46. The number of aromatic nitrogens is 4. The molecule has 6 heteroatoms. The summed E-state index contributed by atoms with van der Waals surface area (Å²) in [6, 6.07) is 20.5. The van der Waals surface area contributed by atoms with Gasteiger partial charge in [-0.2, -0.15) is 0 Å². The zero-order chi connectivity index (χ0) is 22.5. The van der Waals surface area contributed by atoms with Crippen molar-refractivity contribution < 1.29 is 0 Å². The maximum atomic E-state index is 4.97. The number of hydrogen-bond donors (Lipinski definition) is 4. The van der Waals surface area contributed by atoms with Gasteiger partial charge in [0.1, 0.15) is 11.6 Å². The van der Waals surface area contributed by atoms with Gasteiger partial charge in [0.05, 0.1) is 35.0 Å². The van der Waals surface area contributed by atoms with Crippen molar-refractivity contribution in [3.63, 3.8) is 0 Å². The summed E-state index contributed by atoms with van der Waals surface area (Å²) in [5.41, 5.74) is 6.83. The van der Waals surface area contributed by atoms with Crippen LogP contribution in [0.15, 0.2) is 60.8 Å². The van der Waals surface area contributed by atoms with Crippen LogP contribution in [0.4, 0.5) is 0 Å². The maximum absolute atomic E-state index is 4.97. The molecule has 2 unspecified atom stereocenters. The van der Waals surface area contributed by atoms with Gasteiger partial charge in [-0.25, -0.2) is 9.97 Å². The highest BCUT2D eigenvalue weighted by atomic mass is 15.0. The van der Waals surface area contributed by atoms with Crippen LogP contribution < -0.4 is 10.6 Å². The Morgan fingerprint density at radius 3 is 2.21 bits per heavy atom. The second kappa shape index (κ2) is 8.08.